The van der Waals surface area contributed by atoms with Gasteiger partial charge in [0.2, 0.25) is 5.91 Å². The van der Waals surface area contributed by atoms with Crippen LogP contribution in [0.5, 0.6) is 0 Å². The Kier molecular flexibility index (Phi) is 3.06. The van der Waals surface area contributed by atoms with E-state index in [1.807, 2.05) is 0 Å². The highest BCUT2D eigenvalue weighted by molar-refractivity contribution is 5.81. The monoisotopic (exact) mass is 196 g/mol. The third kappa shape index (κ3) is 2.47. The molecule has 2 aliphatic rings. The number of rotatable bonds is 4. The number of hydrogen-bond acceptors (Lipinski definition) is 2. The van der Waals surface area contributed by atoms with Crippen LogP contribution in [0.4, 0.5) is 0 Å². The van der Waals surface area contributed by atoms with Gasteiger partial charge >= 0.3 is 0 Å². The van der Waals surface area contributed by atoms with Crippen LogP contribution < -0.4 is 10.6 Å². The Labute approximate surface area is 85.6 Å². The largest absolute Gasteiger partial charge is 0.356 e. The molecule has 3 atom stereocenters. The molecule has 3 heteroatoms. The molecule has 2 N–H and O–H groups in total. The van der Waals surface area contributed by atoms with Crippen LogP contribution in [0.2, 0.25) is 0 Å². The van der Waals surface area contributed by atoms with E-state index in [0.717, 1.165) is 38.4 Å². The average molecular weight is 196 g/mol. The van der Waals surface area contributed by atoms with Crippen molar-refractivity contribution in [1.82, 2.24) is 10.6 Å². The van der Waals surface area contributed by atoms with Gasteiger partial charge in [0.05, 0.1) is 0 Å². The van der Waals surface area contributed by atoms with E-state index in [2.05, 4.69) is 17.6 Å². The molecular formula is C11H20N2O. The second-order valence-corrected chi connectivity index (χ2v) is 4.76. The van der Waals surface area contributed by atoms with E-state index < -0.39 is 0 Å². The summed E-state index contributed by atoms with van der Waals surface area (Å²) in [6.45, 7) is 5.30. The van der Waals surface area contributed by atoms with Crippen molar-refractivity contribution in [1.29, 1.82) is 0 Å². The van der Waals surface area contributed by atoms with Crippen molar-refractivity contribution in [2.24, 2.45) is 17.8 Å². The van der Waals surface area contributed by atoms with Crippen molar-refractivity contribution >= 4 is 5.91 Å². The van der Waals surface area contributed by atoms with Crippen molar-refractivity contribution in [3.05, 3.63) is 0 Å². The smallest absolute Gasteiger partial charge is 0.223 e. The maximum Gasteiger partial charge on any atom is 0.223 e. The highest BCUT2D eigenvalue weighted by Crippen LogP contribution is 2.37. The van der Waals surface area contributed by atoms with Gasteiger partial charge in [0.1, 0.15) is 0 Å². The van der Waals surface area contributed by atoms with Crippen LogP contribution in [0.25, 0.3) is 0 Å². The van der Waals surface area contributed by atoms with Crippen LogP contribution in [-0.2, 0) is 4.79 Å². The summed E-state index contributed by atoms with van der Waals surface area (Å²) < 4.78 is 0. The second kappa shape index (κ2) is 4.30. The highest BCUT2D eigenvalue weighted by atomic mass is 16.2. The molecule has 0 radical (unpaired) electrons. The van der Waals surface area contributed by atoms with E-state index in [1.54, 1.807) is 0 Å². The fourth-order valence-electron chi connectivity index (χ4n) is 2.18. The molecule has 1 aliphatic heterocycles. The zero-order chi connectivity index (χ0) is 9.97. The Bertz CT molecular complexity index is 211. The molecule has 0 spiro atoms. The number of nitrogens with one attached hydrogen (secondary N) is 2. The van der Waals surface area contributed by atoms with Crippen LogP contribution >= 0.6 is 0 Å². The third-order valence-corrected chi connectivity index (χ3v) is 3.46. The average Bonchev–Trinajstić information content (AvgIpc) is 2.68. The molecule has 80 valence electrons. The summed E-state index contributed by atoms with van der Waals surface area (Å²) in [5.41, 5.74) is 0. The van der Waals surface area contributed by atoms with Gasteiger partial charge in [0.15, 0.2) is 0 Å². The van der Waals surface area contributed by atoms with E-state index in [9.17, 15) is 4.79 Å². The number of carbonyl (C=O) groups excluding carboxylic acids is 1. The van der Waals surface area contributed by atoms with Gasteiger partial charge in [-0.15, -0.1) is 0 Å². The van der Waals surface area contributed by atoms with Crippen molar-refractivity contribution in [3.8, 4) is 0 Å². The zero-order valence-corrected chi connectivity index (χ0v) is 8.88. The predicted octanol–water partition coefficient (Wildman–Crippen LogP) is 0.758. The summed E-state index contributed by atoms with van der Waals surface area (Å²) in [4.78, 5) is 11.5. The molecule has 1 saturated carbocycles. The summed E-state index contributed by atoms with van der Waals surface area (Å²) in [5, 5.41) is 6.38. The molecule has 0 bridgehead atoms. The van der Waals surface area contributed by atoms with Crippen LogP contribution in [0.1, 0.15) is 26.2 Å². The first-order valence-corrected chi connectivity index (χ1v) is 5.76. The fraction of sp³-hybridized carbons (Fsp3) is 0.909. The lowest BCUT2D eigenvalue weighted by Gasteiger charge is -2.08. The lowest BCUT2D eigenvalue weighted by Crippen LogP contribution is -2.28. The molecule has 2 fully saturated rings. The standard InChI is InChI=1S/C11H20N2O/c1-8-6-10(8)11(14)13-5-3-9-2-4-12-7-9/h8-10,12H,2-7H2,1H3,(H,13,14). The zero-order valence-electron chi connectivity index (χ0n) is 8.88. The van der Waals surface area contributed by atoms with Crippen molar-refractivity contribution in [3.63, 3.8) is 0 Å². The number of hydrogen-bond donors (Lipinski definition) is 2. The molecular weight excluding hydrogens is 176 g/mol. The van der Waals surface area contributed by atoms with Gasteiger partial charge < -0.3 is 10.6 Å². The maximum absolute atomic E-state index is 11.5. The van der Waals surface area contributed by atoms with E-state index in [0.29, 0.717) is 11.8 Å². The first-order valence-electron chi connectivity index (χ1n) is 5.76. The van der Waals surface area contributed by atoms with Crippen molar-refractivity contribution in [2.75, 3.05) is 19.6 Å². The topological polar surface area (TPSA) is 41.1 Å². The van der Waals surface area contributed by atoms with Gasteiger partial charge in [-0.05, 0) is 44.2 Å². The Morgan fingerprint density at radius 1 is 1.57 bits per heavy atom. The molecule has 14 heavy (non-hydrogen) atoms. The minimum Gasteiger partial charge on any atom is -0.356 e. The quantitative estimate of drug-likeness (QED) is 0.697. The lowest BCUT2D eigenvalue weighted by molar-refractivity contribution is -0.122. The SMILES string of the molecule is CC1CC1C(=O)NCCC1CCNC1. The van der Waals surface area contributed by atoms with Crippen LogP contribution in [-0.4, -0.2) is 25.5 Å². The molecule has 1 heterocycles. The molecule has 0 aromatic rings. The minimum atomic E-state index is 0.281. The Morgan fingerprint density at radius 2 is 2.36 bits per heavy atom. The molecule has 3 nitrogen and oxygen atoms in total. The van der Waals surface area contributed by atoms with Crippen LogP contribution in [0.3, 0.4) is 0 Å². The molecule has 3 unspecified atom stereocenters. The summed E-state index contributed by atoms with van der Waals surface area (Å²) in [5.74, 6) is 2.02. The normalized spacial score (nSPS) is 35.6. The van der Waals surface area contributed by atoms with Gasteiger partial charge in [-0.25, -0.2) is 0 Å². The fourth-order valence-corrected chi connectivity index (χ4v) is 2.18. The van der Waals surface area contributed by atoms with Crippen molar-refractivity contribution in [2.45, 2.75) is 26.2 Å². The first-order chi connectivity index (χ1) is 6.77. The summed E-state index contributed by atoms with van der Waals surface area (Å²) in [6, 6.07) is 0. The van der Waals surface area contributed by atoms with Crippen LogP contribution in [0, 0.1) is 17.8 Å². The summed E-state index contributed by atoms with van der Waals surface area (Å²) >= 11 is 0. The van der Waals surface area contributed by atoms with Gasteiger partial charge in [-0.1, -0.05) is 6.92 Å². The molecule has 0 aromatic carbocycles. The van der Waals surface area contributed by atoms with E-state index in [4.69, 9.17) is 0 Å². The Hall–Kier alpha value is -0.570. The number of carbonyl (C=O) groups is 1. The molecule has 1 saturated heterocycles. The highest BCUT2D eigenvalue weighted by Gasteiger charge is 2.38. The summed E-state index contributed by atoms with van der Waals surface area (Å²) in [6.07, 6.45) is 3.51. The maximum atomic E-state index is 11.5. The van der Waals surface area contributed by atoms with Gasteiger partial charge in [0.25, 0.3) is 0 Å². The molecule has 1 aliphatic carbocycles. The molecule has 1 amide bonds. The third-order valence-electron chi connectivity index (χ3n) is 3.46. The van der Waals surface area contributed by atoms with Crippen LogP contribution in [0.15, 0.2) is 0 Å². The van der Waals surface area contributed by atoms with Gasteiger partial charge in [-0.2, -0.15) is 0 Å². The first kappa shape index (κ1) is 9.97. The summed E-state index contributed by atoms with van der Waals surface area (Å²) in [7, 11) is 0. The minimum absolute atomic E-state index is 0.281. The van der Waals surface area contributed by atoms with E-state index in [-0.39, 0.29) is 5.91 Å². The second-order valence-electron chi connectivity index (χ2n) is 4.76. The molecule has 0 aromatic heterocycles. The Morgan fingerprint density at radius 3 is 2.93 bits per heavy atom. The number of amides is 1. The van der Waals surface area contributed by atoms with E-state index in [1.165, 1.54) is 6.42 Å². The van der Waals surface area contributed by atoms with E-state index >= 15 is 0 Å². The van der Waals surface area contributed by atoms with Crippen molar-refractivity contribution < 1.29 is 4.79 Å². The van der Waals surface area contributed by atoms with Gasteiger partial charge in [0, 0.05) is 12.5 Å². The Balaban J connectivity index is 1.56. The predicted molar refractivity (Wildman–Crippen MR) is 55.9 cm³/mol. The lowest BCUT2D eigenvalue weighted by atomic mass is 10.1. The molecule has 2 rings (SSSR count). The van der Waals surface area contributed by atoms with Gasteiger partial charge in [-0.3, -0.25) is 4.79 Å².